The number of hydrogen-bond donors (Lipinski definition) is 0. The maximum Gasteiger partial charge on any atom is 0.0795 e. The molecule has 2 heterocycles. The van der Waals surface area contributed by atoms with Gasteiger partial charge in [-0.3, -0.25) is 23.3 Å². The average molecular weight is 823 g/mol. The molecule has 0 aliphatic heterocycles. The van der Waals surface area contributed by atoms with Crippen molar-refractivity contribution in [3.63, 3.8) is 0 Å². The summed E-state index contributed by atoms with van der Waals surface area (Å²) in [6, 6.07) is 51.8. The summed E-state index contributed by atoms with van der Waals surface area (Å²) in [5.74, 6) is 0. The van der Waals surface area contributed by atoms with E-state index in [1.807, 2.05) is 79.0 Å². The second-order valence-corrected chi connectivity index (χ2v) is 15.5. The molecule has 43 heavy (non-hydrogen) atoms. The van der Waals surface area contributed by atoms with Gasteiger partial charge in [0.1, 0.15) is 0 Å². The number of aromatic nitrogens is 2. The zero-order valence-electron chi connectivity index (χ0n) is 24.5. The fourth-order valence-corrected chi connectivity index (χ4v) is 5.22. The van der Waals surface area contributed by atoms with Crippen LogP contribution in [0.4, 0.5) is 0 Å². The molecule has 6 rings (SSSR count). The van der Waals surface area contributed by atoms with Crippen LogP contribution in [0.2, 0.25) is 19.6 Å². The molecule has 211 valence electrons. The van der Waals surface area contributed by atoms with Gasteiger partial charge >= 0.3 is 0 Å². The SMILES string of the molecule is C[Si](C)(C)c1ccc(-c2[c-]cccc2)nc1.[B].[Ir].[Y].[c-]1ccc(-c2[c-]c(-c3ccccc3)ccc2)[c-]c1-c1ccccn1. The minimum absolute atomic E-state index is 0. The third-order valence-corrected chi connectivity index (χ3v) is 8.47. The van der Waals surface area contributed by atoms with E-state index < -0.39 is 8.07 Å². The van der Waals surface area contributed by atoms with Crippen molar-refractivity contribution in [3.05, 3.63) is 152 Å². The van der Waals surface area contributed by atoms with Gasteiger partial charge in [-0.2, -0.15) is 5.56 Å². The molecule has 0 atom stereocenters. The van der Waals surface area contributed by atoms with Crippen molar-refractivity contribution in [2.45, 2.75) is 19.6 Å². The van der Waals surface area contributed by atoms with E-state index in [1.165, 1.54) is 5.19 Å². The number of pyridine rings is 2. The Morgan fingerprint density at radius 2 is 1.26 bits per heavy atom. The molecule has 0 aliphatic carbocycles. The smallest absolute Gasteiger partial charge is 0.0795 e. The quantitative estimate of drug-likeness (QED) is 0.130. The van der Waals surface area contributed by atoms with E-state index >= 15 is 0 Å². The summed E-state index contributed by atoms with van der Waals surface area (Å²) in [6.07, 6.45) is 3.80. The van der Waals surface area contributed by atoms with Crippen molar-refractivity contribution in [2.75, 3.05) is 0 Å². The number of nitrogens with zero attached hydrogens (tertiary/aromatic N) is 2. The topological polar surface area (TPSA) is 25.8 Å². The maximum atomic E-state index is 4.52. The minimum Gasteiger partial charge on any atom is -0.352 e. The Kier molecular flexibility index (Phi) is 14.8. The molecule has 2 aromatic heterocycles. The van der Waals surface area contributed by atoms with E-state index in [4.69, 9.17) is 0 Å². The predicted molar refractivity (Wildman–Crippen MR) is 174 cm³/mol. The Bertz CT molecular complexity index is 1580. The second-order valence-electron chi connectivity index (χ2n) is 10.4. The third kappa shape index (κ3) is 10.1. The molecule has 0 saturated carbocycles. The normalized spacial score (nSPS) is 10.1. The fraction of sp³-hybridized carbons (Fsp3) is 0.0811. The number of hydrogen-bond acceptors (Lipinski definition) is 2. The molecule has 0 N–H and O–H groups in total. The summed E-state index contributed by atoms with van der Waals surface area (Å²) in [7, 11) is -1.23. The molecular weight excluding hydrogens is 792 g/mol. The van der Waals surface area contributed by atoms with Crippen LogP contribution >= 0.6 is 0 Å². The molecule has 0 spiro atoms. The Morgan fingerprint density at radius 1 is 0.558 bits per heavy atom. The molecular formula is C37H30BIrN2SiY-4. The predicted octanol–water partition coefficient (Wildman–Crippen LogP) is 8.19. The van der Waals surface area contributed by atoms with Crippen LogP contribution in [-0.2, 0) is 52.8 Å². The molecule has 2 nitrogen and oxygen atoms in total. The van der Waals surface area contributed by atoms with Crippen LogP contribution in [0.15, 0.2) is 128 Å². The maximum absolute atomic E-state index is 4.52. The van der Waals surface area contributed by atoms with E-state index in [1.54, 1.807) is 6.20 Å². The van der Waals surface area contributed by atoms with Crippen molar-refractivity contribution >= 4 is 21.7 Å². The first-order valence-electron chi connectivity index (χ1n) is 13.3. The summed E-state index contributed by atoms with van der Waals surface area (Å²) in [5, 5.41) is 1.40. The van der Waals surface area contributed by atoms with Gasteiger partial charge in [0, 0.05) is 73.6 Å². The Labute approximate surface area is 298 Å². The van der Waals surface area contributed by atoms with Gasteiger partial charge in [0.15, 0.2) is 0 Å². The van der Waals surface area contributed by atoms with Gasteiger partial charge in [0.2, 0.25) is 0 Å². The minimum atomic E-state index is -1.23. The van der Waals surface area contributed by atoms with Crippen molar-refractivity contribution in [1.29, 1.82) is 0 Å². The van der Waals surface area contributed by atoms with E-state index in [9.17, 15) is 0 Å². The van der Waals surface area contributed by atoms with Gasteiger partial charge < -0.3 is 16.0 Å². The zero-order valence-corrected chi connectivity index (χ0v) is 30.7. The van der Waals surface area contributed by atoms with Crippen LogP contribution in [-0.4, -0.2) is 26.5 Å². The van der Waals surface area contributed by atoms with Crippen LogP contribution in [0.1, 0.15) is 0 Å². The van der Waals surface area contributed by atoms with Gasteiger partial charge in [-0.1, -0.05) is 79.4 Å². The first-order valence-corrected chi connectivity index (χ1v) is 16.8. The zero-order chi connectivity index (χ0) is 27.8. The molecule has 0 amide bonds. The van der Waals surface area contributed by atoms with Crippen molar-refractivity contribution < 1.29 is 52.8 Å². The number of benzene rings is 4. The molecule has 5 radical (unpaired) electrons. The van der Waals surface area contributed by atoms with Crippen molar-refractivity contribution in [1.82, 2.24) is 9.97 Å². The second kappa shape index (κ2) is 17.5. The largest absolute Gasteiger partial charge is 0.352 e. The fourth-order valence-electron chi connectivity index (χ4n) is 4.19. The van der Waals surface area contributed by atoms with Gasteiger partial charge in [0.05, 0.1) is 8.07 Å². The Morgan fingerprint density at radius 3 is 1.91 bits per heavy atom. The first kappa shape index (κ1) is 36.4. The first-order chi connectivity index (χ1) is 19.5. The summed E-state index contributed by atoms with van der Waals surface area (Å²) in [4.78, 5) is 8.90. The molecule has 4 aromatic carbocycles. The Hall–Kier alpha value is -2.78. The number of rotatable bonds is 5. The van der Waals surface area contributed by atoms with Crippen LogP contribution in [0.3, 0.4) is 0 Å². The molecule has 0 aliphatic rings. The molecule has 0 bridgehead atoms. The standard InChI is InChI=1S/C23H14N.C14H16NSi.B.Ir.Y/c1-2-8-18(9-3-1)19-10-6-11-20(16-19)21-12-7-13-22(17-21)23-14-4-5-15-24-23;1-16(2,3)13-9-10-14(15-11-13)12-7-5-4-6-8-12;;;/h1-12,14-15H;4-7,9-11H,1-3H3;;;/q-3;-1;;;. The third-order valence-electron chi connectivity index (χ3n) is 6.44. The van der Waals surface area contributed by atoms with Crippen LogP contribution in [0.5, 0.6) is 0 Å². The molecule has 6 aromatic rings. The van der Waals surface area contributed by atoms with E-state index in [2.05, 4.69) is 96.3 Å². The van der Waals surface area contributed by atoms with Crippen LogP contribution in [0, 0.1) is 24.3 Å². The van der Waals surface area contributed by atoms with E-state index in [0.717, 1.165) is 44.8 Å². The van der Waals surface area contributed by atoms with Crippen molar-refractivity contribution in [3.8, 4) is 44.8 Å². The Balaban J connectivity index is 0.000000301. The van der Waals surface area contributed by atoms with Crippen LogP contribution < -0.4 is 5.19 Å². The summed E-state index contributed by atoms with van der Waals surface area (Å²) in [6.45, 7) is 7.00. The molecule has 6 heteroatoms. The van der Waals surface area contributed by atoms with Gasteiger partial charge in [-0.05, 0) is 16.9 Å². The summed E-state index contributed by atoms with van der Waals surface area (Å²) in [5.41, 5.74) is 8.05. The summed E-state index contributed by atoms with van der Waals surface area (Å²) < 4.78 is 0. The monoisotopic (exact) mass is 823 g/mol. The average Bonchev–Trinajstić information content (AvgIpc) is 3.02. The molecule has 0 fully saturated rings. The van der Waals surface area contributed by atoms with Gasteiger partial charge in [0.25, 0.3) is 0 Å². The van der Waals surface area contributed by atoms with E-state index in [-0.39, 0.29) is 61.2 Å². The van der Waals surface area contributed by atoms with Crippen molar-refractivity contribution in [2.24, 2.45) is 0 Å². The van der Waals surface area contributed by atoms with Gasteiger partial charge in [-0.25, -0.2) is 6.07 Å². The summed E-state index contributed by atoms with van der Waals surface area (Å²) >= 11 is 0. The van der Waals surface area contributed by atoms with Gasteiger partial charge in [-0.15, -0.1) is 71.8 Å². The molecule has 0 unspecified atom stereocenters. The molecule has 0 saturated heterocycles. The van der Waals surface area contributed by atoms with Crippen LogP contribution in [0.25, 0.3) is 44.8 Å². The van der Waals surface area contributed by atoms with E-state index in [0.29, 0.717) is 0 Å².